The van der Waals surface area contributed by atoms with Crippen LogP contribution in [0.15, 0.2) is 6.07 Å². The van der Waals surface area contributed by atoms with Crippen LogP contribution in [0.5, 0.6) is 0 Å². The largest absolute Gasteiger partial charge is 0.238 e. The molecule has 2 atom stereocenters. The van der Waals surface area contributed by atoms with Gasteiger partial charge in [0, 0.05) is 11.1 Å². The average molecular weight is 305 g/mol. The van der Waals surface area contributed by atoms with Crippen LogP contribution in [0, 0.1) is 23.7 Å². The van der Waals surface area contributed by atoms with Gasteiger partial charge in [-0.1, -0.05) is 13.8 Å². The van der Waals surface area contributed by atoms with Gasteiger partial charge in [0.15, 0.2) is 0 Å². The third-order valence-electron chi connectivity index (χ3n) is 6.14. The van der Waals surface area contributed by atoms with E-state index < -0.39 is 0 Å². The van der Waals surface area contributed by atoms with Gasteiger partial charge < -0.3 is 0 Å². The molecule has 1 heterocycles. The fourth-order valence-corrected chi connectivity index (χ4v) is 6.77. The van der Waals surface area contributed by atoms with Gasteiger partial charge in [-0.15, -0.1) is 11.6 Å². The lowest BCUT2D eigenvalue weighted by Gasteiger charge is -2.64. The first-order chi connectivity index (χ1) is 9.84. The number of hydrogen-bond acceptors (Lipinski definition) is 2. The third-order valence-corrected chi connectivity index (χ3v) is 6.42. The molecule has 0 aliphatic heterocycles. The molecule has 5 rings (SSSR count). The summed E-state index contributed by atoms with van der Waals surface area (Å²) >= 11 is 6.04. The van der Waals surface area contributed by atoms with E-state index in [1.807, 2.05) is 6.07 Å². The van der Waals surface area contributed by atoms with Gasteiger partial charge in [0.25, 0.3) is 0 Å². The molecule has 4 aliphatic rings. The summed E-state index contributed by atoms with van der Waals surface area (Å²) in [4.78, 5) is 9.73. The molecule has 4 bridgehead atoms. The van der Waals surface area contributed by atoms with Crippen LogP contribution in [0.1, 0.15) is 69.6 Å². The van der Waals surface area contributed by atoms with Crippen molar-refractivity contribution in [3.8, 4) is 0 Å². The van der Waals surface area contributed by atoms with Gasteiger partial charge in [-0.25, -0.2) is 9.97 Å². The monoisotopic (exact) mass is 304 g/mol. The van der Waals surface area contributed by atoms with E-state index >= 15 is 0 Å². The first-order valence-corrected chi connectivity index (χ1v) is 8.78. The maximum Gasteiger partial charge on any atom is 0.135 e. The van der Waals surface area contributed by atoms with Crippen LogP contribution >= 0.6 is 11.6 Å². The highest BCUT2D eigenvalue weighted by Crippen LogP contribution is 2.69. The third kappa shape index (κ3) is 2.13. The Morgan fingerprint density at radius 3 is 2.33 bits per heavy atom. The van der Waals surface area contributed by atoms with Crippen LogP contribution in [0.25, 0.3) is 0 Å². The molecular formula is C18H25ClN2. The SMILES string of the molecule is Cc1cc(CCl)nc(C23CC4CC(C)(CC(C)(C4)C2)C3)n1. The number of hydrogen-bond donors (Lipinski definition) is 0. The molecule has 4 aliphatic carbocycles. The zero-order valence-electron chi connectivity index (χ0n) is 13.4. The summed E-state index contributed by atoms with van der Waals surface area (Å²) < 4.78 is 0. The van der Waals surface area contributed by atoms with Gasteiger partial charge in [0.2, 0.25) is 0 Å². The molecule has 4 saturated carbocycles. The van der Waals surface area contributed by atoms with Crippen LogP contribution in [0.4, 0.5) is 0 Å². The van der Waals surface area contributed by atoms with Crippen molar-refractivity contribution >= 4 is 11.6 Å². The Labute approximate surface area is 132 Å². The van der Waals surface area contributed by atoms with Crippen molar-refractivity contribution in [1.29, 1.82) is 0 Å². The Bertz CT molecular complexity index is 579. The van der Waals surface area contributed by atoms with E-state index in [9.17, 15) is 0 Å². The predicted octanol–water partition coefficient (Wildman–Crippen LogP) is 4.77. The van der Waals surface area contributed by atoms with Gasteiger partial charge >= 0.3 is 0 Å². The maximum absolute atomic E-state index is 6.04. The molecule has 0 amide bonds. The molecule has 1 aromatic heterocycles. The van der Waals surface area contributed by atoms with Crippen LogP contribution < -0.4 is 0 Å². The second-order valence-electron chi connectivity index (χ2n) is 8.87. The lowest BCUT2D eigenvalue weighted by molar-refractivity contribution is -0.112. The average Bonchev–Trinajstić information content (AvgIpc) is 2.33. The van der Waals surface area contributed by atoms with Gasteiger partial charge in [0.1, 0.15) is 5.82 Å². The number of nitrogens with zero attached hydrogens (tertiary/aromatic N) is 2. The van der Waals surface area contributed by atoms with Crippen molar-refractivity contribution in [3.63, 3.8) is 0 Å². The minimum absolute atomic E-state index is 0.218. The highest BCUT2D eigenvalue weighted by molar-refractivity contribution is 6.16. The van der Waals surface area contributed by atoms with Gasteiger partial charge in [-0.2, -0.15) is 0 Å². The number of rotatable bonds is 2. The van der Waals surface area contributed by atoms with E-state index in [0.717, 1.165) is 23.1 Å². The molecule has 0 saturated heterocycles. The van der Waals surface area contributed by atoms with Crippen LogP contribution in [-0.4, -0.2) is 9.97 Å². The van der Waals surface area contributed by atoms with E-state index in [0.29, 0.717) is 16.7 Å². The van der Waals surface area contributed by atoms with Gasteiger partial charge in [-0.05, 0) is 68.3 Å². The summed E-state index contributed by atoms with van der Waals surface area (Å²) in [5, 5.41) is 0. The van der Waals surface area contributed by atoms with Crippen molar-refractivity contribution < 1.29 is 0 Å². The van der Waals surface area contributed by atoms with Crippen LogP contribution in [0.2, 0.25) is 0 Å². The second kappa shape index (κ2) is 4.22. The summed E-state index contributed by atoms with van der Waals surface area (Å²) in [5.74, 6) is 2.46. The molecule has 0 radical (unpaired) electrons. The number of aromatic nitrogens is 2. The Kier molecular flexibility index (Phi) is 2.81. The Balaban J connectivity index is 1.82. The van der Waals surface area contributed by atoms with Crippen molar-refractivity contribution in [1.82, 2.24) is 9.97 Å². The van der Waals surface area contributed by atoms with Gasteiger partial charge in [-0.3, -0.25) is 0 Å². The quantitative estimate of drug-likeness (QED) is 0.735. The summed E-state index contributed by atoms with van der Waals surface area (Å²) in [6, 6.07) is 2.03. The van der Waals surface area contributed by atoms with Crippen LogP contribution in [0.3, 0.4) is 0 Å². The smallest absolute Gasteiger partial charge is 0.135 e. The summed E-state index contributed by atoms with van der Waals surface area (Å²) in [6.07, 6.45) is 8.07. The van der Waals surface area contributed by atoms with Crippen molar-refractivity contribution in [2.24, 2.45) is 16.7 Å². The maximum atomic E-state index is 6.04. The second-order valence-corrected chi connectivity index (χ2v) is 9.14. The highest BCUT2D eigenvalue weighted by atomic mass is 35.5. The highest BCUT2D eigenvalue weighted by Gasteiger charge is 2.61. The lowest BCUT2D eigenvalue weighted by Crippen LogP contribution is -2.57. The molecule has 0 aromatic carbocycles. The molecule has 3 heteroatoms. The Hall–Kier alpha value is -0.630. The van der Waals surface area contributed by atoms with E-state index in [4.69, 9.17) is 21.6 Å². The molecule has 2 unspecified atom stereocenters. The minimum atomic E-state index is 0.218. The fourth-order valence-electron chi connectivity index (χ4n) is 6.64. The summed E-state index contributed by atoms with van der Waals surface area (Å²) in [5.41, 5.74) is 3.28. The van der Waals surface area contributed by atoms with E-state index in [1.54, 1.807) is 0 Å². The Morgan fingerprint density at radius 2 is 1.76 bits per heavy atom. The van der Waals surface area contributed by atoms with E-state index in [2.05, 4.69) is 20.8 Å². The zero-order valence-corrected chi connectivity index (χ0v) is 14.1. The molecule has 114 valence electrons. The molecule has 2 nitrogen and oxygen atoms in total. The lowest BCUT2D eigenvalue weighted by atomic mass is 9.40. The molecule has 0 spiro atoms. The Morgan fingerprint density at radius 1 is 1.10 bits per heavy atom. The fraction of sp³-hybridized carbons (Fsp3) is 0.778. The van der Waals surface area contributed by atoms with Crippen molar-refractivity contribution in [2.45, 2.75) is 70.6 Å². The molecule has 1 aromatic rings. The van der Waals surface area contributed by atoms with Crippen LogP contribution in [-0.2, 0) is 11.3 Å². The number of alkyl halides is 1. The molecular weight excluding hydrogens is 280 g/mol. The zero-order chi connectivity index (χ0) is 14.9. The number of aryl methyl sites for hydroxylation is 1. The summed E-state index contributed by atoms with van der Waals surface area (Å²) in [7, 11) is 0. The van der Waals surface area contributed by atoms with E-state index in [1.165, 1.54) is 38.5 Å². The van der Waals surface area contributed by atoms with Crippen molar-refractivity contribution in [2.75, 3.05) is 0 Å². The predicted molar refractivity (Wildman–Crippen MR) is 85.4 cm³/mol. The van der Waals surface area contributed by atoms with Crippen molar-refractivity contribution in [3.05, 3.63) is 23.3 Å². The summed E-state index contributed by atoms with van der Waals surface area (Å²) in [6.45, 7) is 7.08. The first kappa shape index (κ1) is 14.0. The molecule has 21 heavy (non-hydrogen) atoms. The molecule has 0 N–H and O–H groups in total. The first-order valence-electron chi connectivity index (χ1n) is 8.25. The standard InChI is InChI=1S/C18H25ClN2/c1-12-4-14(8-19)21-15(20-12)18-7-13-5-16(2,10-18)9-17(3,6-13)11-18/h4,13H,5-11H2,1-3H3. The normalized spacial score (nSPS) is 44.3. The van der Waals surface area contributed by atoms with Gasteiger partial charge in [0.05, 0.1) is 11.6 Å². The molecule has 4 fully saturated rings. The minimum Gasteiger partial charge on any atom is -0.238 e. The van der Waals surface area contributed by atoms with E-state index in [-0.39, 0.29) is 5.41 Å². The topological polar surface area (TPSA) is 25.8 Å². The number of halogens is 1.